The van der Waals surface area contributed by atoms with Crippen LogP contribution in [0.3, 0.4) is 0 Å². The lowest BCUT2D eigenvalue weighted by Crippen LogP contribution is -2.25. The molecule has 8 heteroatoms. The zero-order valence-corrected chi connectivity index (χ0v) is 15.4. The minimum absolute atomic E-state index is 0. The van der Waals surface area contributed by atoms with Crippen LogP contribution in [-0.4, -0.2) is 35.7 Å². The van der Waals surface area contributed by atoms with E-state index in [0.717, 1.165) is 4.47 Å². The number of nitrogens with one attached hydrogen (secondary N) is 2. The van der Waals surface area contributed by atoms with Crippen LogP contribution in [0, 0.1) is 0 Å². The molecule has 1 atom stereocenters. The number of benzene rings is 1. The first-order valence-corrected chi connectivity index (χ1v) is 7.90. The van der Waals surface area contributed by atoms with Gasteiger partial charge in [-0.2, -0.15) is 4.98 Å². The van der Waals surface area contributed by atoms with Gasteiger partial charge in [0.2, 0.25) is 5.89 Å². The summed E-state index contributed by atoms with van der Waals surface area (Å²) in [4.78, 5) is 16.2. The molecule has 0 bridgehead atoms. The lowest BCUT2D eigenvalue weighted by atomic mass is 10.2. The molecule has 126 valence electrons. The van der Waals surface area contributed by atoms with Crippen LogP contribution in [0.4, 0.5) is 0 Å². The highest BCUT2D eigenvalue weighted by Crippen LogP contribution is 2.10. The Balaban J connectivity index is 0.00000264. The molecule has 1 amide bonds. The Hall–Kier alpha value is -1.44. The van der Waals surface area contributed by atoms with E-state index in [-0.39, 0.29) is 18.3 Å². The van der Waals surface area contributed by atoms with Gasteiger partial charge in [-0.25, -0.2) is 0 Å². The monoisotopic (exact) mass is 402 g/mol. The Bertz CT molecular complexity index is 618. The normalized spacial score (nSPS) is 11.6. The summed E-state index contributed by atoms with van der Waals surface area (Å²) in [5, 5.41) is 9.88. The number of halogens is 2. The van der Waals surface area contributed by atoms with Crippen molar-refractivity contribution in [2.75, 3.05) is 13.6 Å². The summed E-state index contributed by atoms with van der Waals surface area (Å²) < 4.78 is 6.11. The topological polar surface area (TPSA) is 80.0 Å². The van der Waals surface area contributed by atoms with Crippen molar-refractivity contribution >= 4 is 34.2 Å². The lowest BCUT2D eigenvalue weighted by Gasteiger charge is -2.04. The summed E-state index contributed by atoms with van der Waals surface area (Å²) in [6, 6.07) is 7.50. The van der Waals surface area contributed by atoms with E-state index in [4.69, 9.17) is 4.52 Å². The van der Waals surface area contributed by atoms with Gasteiger partial charge >= 0.3 is 0 Å². The van der Waals surface area contributed by atoms with Crippen LogP contribution in [0.15, 0.2) is 33.3 Å². The molecule has 0 spiro atoms. The molecule has 0 aliphatic carbocycles. The minimum Gasteiger partial charge on any atom is -0.352 e. The number of carbonyl (C=O) groups is 1. The predicted octanol–water partition coefficient (Wildman–Crippen LogP) is 2.38. The van der Waals surface area contributed by atoms with Crippen molar-refractivity contribution in [2.45, 2.75) is 25.8 Å². The second-order valence-electron chi connectivity index (χ2n) is 5.01. The molecule has 2 rings (SSSR count). The number of likely N-dealkylation sites (N-methyl/N-ethyl adjacent to an activating group) is 1. The van der Waals surface area contributed by atoms with E-state index < -0.39 is 0 Å². The van der Waals surface area contributed by atoms with Crippen molar-refractivity contribution in [1.29, 1.82) is 0 Å². The standard InChI is InChI=1S/C15H19BrN4O2.ClH/c1-10(17-2)9-13-19-14(22-20-13)7-8-18-15(21)11-3-5-12(16)6-4-11;/h3-6,10,17H,7-9H2,1-2H3,(H,18,21);1H. The predicted molar refractivity (Wildman–Crippen MR) is 94.0 cm³/mol. The van der Waals surface area contributed by atoms with E-state index >= 15 is 0 Å². The number of hydrogen-bond acceptors (Lipinski definition) is 5. The molecule has 0 radical (unpaired) electrons. The number of carbonyl (C=O) groups excluding carboxylic acids is 1. The first-order valence-electron chi connectivity index (χ1n) is 7.11. The van der Waals surface area contributed by atoms with Gasteiger partial charge in [-0.1, -0.05) is 21.1 Å². The maximum Gasteiger partial charge on any atom is 0.251 e. The number of amides is 1. The molecule has 0 saturated heterocycles. The fourth-order valence-electron chi connectivity index (χ4n) is 1.84. The van der Waals surface area contributed by atoms with E-state index in [2.05, 4.69) is 43.6 Å². The Kier molecular flexibility index (Phi) is 8.22. The fourth-order valence-corrected chi connectivity index (χ4v) is 2.10. The number of nitrogens with zero attached hydrogens (tertiary/aromatic N) is 2. The Morgan fingerprint density at radius 2 is 2.04 bits per heavy atom. The molecule has 2 aromatic rings. The second kappa shape index (κ2) is 9.64. The van der Waals surface area contributed by atoms with Gasteiger partial charge < -0.3 is 15.2 Å². The lowest BCUT2D eigenvalue weighted by molar-refractivity contribution is 0.0953. The van der Waals surface area contributed by atoms with Gasteiger partial charge in [0.25, 0.3) is 5.91 Å². The van der Waals surface area contributed by atoms with Crippen molar-refractivity contribution in [3.63, 3.8) is 0 Å². The molecule has 0 saturated carbocycles. The summed E-state index contributed by atoms with van der Waals surface area (Å²) in [6.07, 6.45) is 1.23. The molecular formula is C15H20BrClN4O2. The zero-order valence-electron chi connectivity index (χ0n) is 13.0. The summed E-state index contributed by atoms with van der Waals surface area (Å²) in [7, 11) is 1.89. The van der Waals surface area contributed by atoms with Crippen LogP contribution in [0.25, 0.3) is 0 Å². The van der Waals surface area contributed by atoms with E-state index in [1.54, 1.807) is 12.1 Å². The van der Waals surface area contributed by atoms with Crippen LogP contribution in [0.1, 0.15) is 29.0 Å². The highest BCUT2D eigenvalue weighted by Gasteiger charge is 2.10. The highest BCUT2D eigenvalue weighted by atomic mass is 79.9. The van der Waals surface area contributed by atoms with Crippen LogP contribution >= 0.6 is 28.3 Å². The smallest absolute Gasteiger partial charge is 0.251 e. The quantitative estimate of drug-likeness (QED) is 0.742. The van der Waals surface area contributed by atoms with Gasteiger partial charge in [-0.3, -0.25) is 4.79 Å². The van der Waals surface area contributed by atoms with Gasteiger partial charge in [0.05, 0.1) is 0 Å². The molecule has 23 heavy (non-hydrogen) atoms. The Morgan fingerprint density at radius 3 is 2.70 bits per heavy atom. The molecule has 6 nitrogen and oxygen atoms in total. The van der Waals surface area contributed by atoms with Gasteiger partial charge in [-0.15, -0.1) is 12.4 Å². The Labute approximate surface area is 150 Å². The SMILES string of the molecule is CNC(C)Cc1noc(CCNC(=O)c2ccc(Br)cc2)n1.Cl. The third kappa shape index (κ3) is 6.29. The maximum atomic E-state index is 11.9. The van der Waals surface area contributed by atoms with Gasteiger partial charge in [0, 0.05) is 35.5 Å². The average Bonchev–Trinajstić information content (AvgIpc) is 2.95. The molecule has 1 unspecified atom stereocenters. The Morgan fingerprint density at radius 1 is 1.35 bits per heavy atom. The summed E-state index contributed by atoms with van der Waals surface area (Å²) in [5.41, 5.74) is 0.622. The van der Waals surface area contributed by atoms with Crippen molar-refractivity contribution < 1.29 is 9.32 Å². The van der Waals surface area contributed by atoms with Crippen LogP contribution in [0.5, 0.6) is 0 Å². The van der Waals surface area contributed by atoms with Gasteiger partial charge in [-0.05, 0) is 38.2 Å². The number of hydrogen-bond donors (Lipinski definition) is 2. The average molecular weight is 404 g/mol. The molecule has 1 aromatic heterocycles. The number of aromatic nitrogens is 2. The number of rotatable bonds is 7. The minimum atomic E-state index is -0.115. The van der Waals surface area contributed by atoms with E-state index in [1.807, 2.05) is 19.2 Å². The van der Waals surface area contributed by atoms with Crippen LogP contribution in [0.2, 0.25) is 0 Å². The highest BCUT2D eigenvalue weighted by molar-refractivity contribution is 9.10. The van der Waals surface area contributed by atoms with Crippen molar-refractivity contribution in [1.82, 2.24) is 20.8 Å². The molecule has 1 aromatic carbocycles. The molecule has 0 aliphatic rings. The van der Waals surface area contributed by atoms with Crippen molar-refractivity contribution in [3.05, 3.63) is 46.0 Å². The first-order chi connectivity index (χ1) is 10.6. The molecule has 2 N–H and O–H groups in total. The molecular weight excluding hydrogens is 384 g/mol. The second-order valence-corrected chi connectivity index (χ2v) is 5.93. The zero-order chi connectivity index (χ0) is 15.9. The third-order valence-corrected chi connectivity index (χ3v) is 3.75. The van der Waals surface area contributed by atoms with Crippen LogP contribution < -0.4 is 10.6 Å². The molecule has 0 aliphatic heterocycles. The van der Waals surface area contributed by atoms with Gasteiger partial charge in [0.1, 0.15) is 0 Å². The van der Waals surface area contributed by atoms with Crippen molar-refractivity contribution in [2.24, 2.45) is 0 Å². The fraction of sp³-hybridized carbons (Fsp3) is 0.400. The summed E-state index contributed by atoms with van der Waals surface area (Å²) >= 11 is 3.34. The summed E-state index contributed by atoms with van der Waals surface area (Å²) in [5.74, 6) is 1.10. The molecule has 0 fully saturated rings. The van der Waals surface area contributed by atoms with Crippen LogP contribution in [-0.2, 0) is 12.8 Å². The molecule has 1 heterocycles. The third-order valence-electron chi connectivity index (χ3n) is 3.22. The maximum absolute atomic E-state index is 11.9. The van der Waals surface area contributed by atoms with Crippen molar-refractivity contribution in [3.8, 4) is 0 Å². The van der Waals surface area contributed by atoms with E-state index in [0.29, 0.717) is 42.7 Å². The van der Waals surface area contributed by atoms with E-state index in [1.165, 1.54) is 0 Å². The first kappa shape index (κ1) is 19.6. The largest absolute Gasteiger partial charge is 0.352 e. The van der Waals surface area contributed by atoms with Gasteiger partial charge in [0.15, 0.2) is 5.82 Å². The summed E-state index contributed by atoms with van der Waals surface area (Å²) in [6.45, 7) is 2.51. The van der Waals surface area contributed by atoms with E-state index in [9.17, 15) is 4.79 Å².